The van der Waals surface area contributed by atoms with E-state index in [1.807, 2.05) is 0 Å². The number of carbonyl (C=O) groups excluding carboxylic acids is 2. The van der Waals surface area contributed by atoms with Crippen LogP contribution in [-0.4, -0.2) is 73.1 Å². The lowest BCUT2D eigenvalue weighted by Gasteiger charge is -2.27. The molecule has 34 heavy (non-hydrogen) atoms. The lowest BCUT2D eigenvalue weighted by Crippen LogP contribution is -2.42. The highest BCUT2D eigenvalue weighted by molar-refractivity contribution is 5.83. The van der Waals surface area contributed by atoms with Gasteiger partial charge >= 0.3 is 5.97 Å². The van der Waals surface area contributed by atoms with Gasteiger partial charge in [-0.25, -0.2) is 15.0 Å². The van der Waals surface area contributed by atoms with Crippen LogP contribution in [0.3, 0.4) is 0 Å². The number of hydrogen-bond donors (Lipinski definition) is 4. The number of imidazole rings is 1. The van der Waals surface area contributed by atoms with Crippen molar-refractivity contribution in [1.82, 2.24) is 24.8 Å². The number of likely N-dealkylation sites (N-methyl/N-ethyl adjacent to an activating group) is 1. The average Bonchev–Trinajstić information content (AvgIpc) is 3.35. The van der Waals surface area contributed by atoms with Crippen LogP contribution in [0.15, 0.2) is 6.33 Å². The van der Waals surface area contributed by atoms with E-state index < -0.39 is 30.4 Å². The van der Waals surface area contributed by atoms with Crippen LogP contribution in [0.25, 0.3) is 11.2 Å². The molecule has 186 valence electrons. The molecule has 12 nitrogen and oxygen atoms in total. The summed E-state index contributed by atoms with van der Waals surface area (Å²) in [6.07, 6.45) is 0.916. The molecule has 0 aromatic carbocycles. The minimum Gasteiger partial charge on any atom is -0.466 e. The first-order valence-corrected chi connectivity index (χ1v) is 11.7. The van der Waals surface area contributed by atoms with E-state index in [4.69, 9.17) is 15.2 Å². The molecule has 12 heteroatoms. The molecule has 2 aromatic rings. The summed E-state index contributed by atoms with van der Waals surface area (Å²) in [6.45, 7) is 4.01. The number of nitrogen functional groups attached to an aromatic ring is 1. The Kier molecular flexibility index (Phi) is 7.29. The SMILES string of the molecule is CCNC(=O)[C@H]1O[C@@H](n2cnc3c(N)nc(CC4CCC(COC(C)=O)CC4)nc32)[C@H](O)[C@@H]1O. The van der Waals surface area contributed by atoms with E-state index in [2.05, 4.69) is 20.3 Å². The van der Waals surface area contributed by atoms with Crippen LogP contribution in [0.2, 0.25) is 0 Å². The Morgan fingerprint density at radius 1 is 1.21 bits per heavy atom. The van der Waals surface area contributed by atoms with Gasteiger partial charge in [-0.3, -0.25) is 14.2 Å². The highest BCUT2D eigenvalue weighted by Crippen LogP contribution is 2.34. The number of aromatic nitrogens is 4. The molecule has 4 rings (SSSR count). The zero-order valence-electron chi connectivity index (χ0n) is 19.4. The number of amides is 1. The van der Waals surface area contributed by atoms with Gasteiger partial charge in [0.2, 0.25) is 0 Å². The molecular formula is C22H32N6O6. The summed E-state index contributed by atoms with van der Waals surface area (Å²) in [5, 5.41) is 23.5. The molecule has 0 bridgehead atoms. The zero-order valence-corrected chi connectivity index (χ0v) is 19.4. The summed E-state index contributed by atoms with van der Waals surface area (Å²) in [7, 11) is 0. The molecule has 1 amide bonds. The maximum Gasteiger partial charge on any atom is 0.302 e. The van der Waals surface area contributed by atoms with Gasteiger partial charge in [-0.1, -0.05) is 0 Å². The topological polar surface area (TPSA) is 175 Å². The van der Waals surface area contributed by atoms with Gasteiger partial charge in [0.05, 0.1) is 12.9 Å². The van der Waals surface area contributed by atoms with E-state index in [9.17, 15) is 19.8 Å². The van der Waals surface area contributed by atoms with Crippen molar-refractivity contribution in [3.05, 3.63) is 12.2 Å². The molecule has 2 fully saturated rings. The fourth-order valence-electron chi connectivity index (χ4n) is 4.74. The van der Waals surface area contributed by atoms with E-state index in [0.717, 1.165) is 25.7 Å². The van der Waals surface area contributed by atoms with Gasteiger partial charge < -0.3 is 30.7 Å². The molecule has 1 saturated heterocycles. The number of nitrogens with zero attached hydrogens (tertiary/aromatic N) is 4. The first kappa shape index (κ1) is 24.3. The fraction of sp³-hybridized carbons (Fsp3) is 0.682. The van der Waals surface area contributed by atoms with Crippen LogP contribution in [0.4, 0.5) is 5.82 Å². The van der Waals surface area contributed by atoms with Gasteiger partial charge in [0.25, 0.3) is 5.91 Å². The van der Waals surface area contributed by atoms with E-state index in [1.54, 1.807) is 6.92 Å². The zero-order chi connectivity index (χ0) is 24.4. The molecule has 0 unspecified atom stereocenters. The smallest absolute Gasteiger partial charge is 0.302 e. The normalized spacial score (nSPS) is 29.3. The summed E-state index contributed by atoms with van der Waals surface area (Å²) >= 11 is 0. The number of carbonyl (C=O) groups is 2. The maximum absolute atomic E-state index is 12.2. The summed E-state index contributed by atoms with van der Waals surface area (Å²) in [5.41, 5.74) is 6.88. The highest BCUT2D eigenvalue weighted by Gasteiger charge is 2.47. The maximum atomic E-state index is 12.2. The molecule has 1 aliphatic heterocycles. The molecule has 1 aliphatic carbocycles. The Balaban J connectivity index is 1.49. The minimum absolute atomic E-state index is 0.218. The lowest BCUT2D eigenvalue weighted by atomic mass is 9.81. The van der Waals surface area contributed by atoms with Gasteiger partial charge in [-0.05, 0) is 44.4 Å². The number of nitrogens with two attached hydrogens (primary N) is 1. The van der Waals surface area contributed by atoms with E-state index in [1.165, 1.54) is 17.8 Å². The predicted molar refractivity (Wildman–Crippen MR) is 120 cm³/mol. The second kappa shape index (κ2) is 10.2. The molecule has 4 atom stereocenters. The van der Waals surface area contributed by atoms with Crippen molar-refractivity contribution in [3.8, 4) is 0 Å². The Hall–Kier alpha value is -2.83. The van der Waals surface area contributed by atoms with Crippen LogP contribution >= 0.6 is 0 Å². The molecule has 5 N–H and O–H groups in total. The molecule has 2 aromatic heterocycles. The molecule has 2 aliphatic rings. The van der Waals surface area contributed by atoms with Gasteiger partial charge in [0.1, 0.15) is 23.5 Å². The summed E-state index contributed by atoms with van der Waals surface area (Å²) in [5.74, 6) is 0.774. The van der Waals surface area contributed by atoms with E-state index >= 15 is 0 Å². The number of aliphatic hydroxyl groups excluding tert-OH is 2. The summed E-state index contributed by atoms with van der Waals surface area (Å²) in [6, 6.07) is 0. The van der Waals surface area contributed by atoms with Gasteiger partial charge in [-0.15, -0.1) is 0 Å². The molecule has 0 spiro atoms. The van der Waals surface area contributed by atoms with Gasteiger partial charge in [0.15, 0.2) is 23.8 Å². The highest BCUT2D eigenvalue weighted by atomic mass is 16.6. The van der Waals surface area contributed by atoms with Crippen molar-refractivity contribution in [2.75, 3.05) is 18.9 Å². The Bertz CT molecular complexity index is 1040. The number of esters is 1. The lowest BCUT2D eigenvalue weighted by molar-refractivity contribution is -0.142. The number of fused-ring (bicyclic) bond motifs is 1. The van der Waals surface area contributed by atoms with Crippen molar-refractivity contribution in [2.24, 2.45) is 11.8 Å². The minimum atomic E-state index is -1.39. The first-order chi connectivity index (χ1) is 16.3. The Labute approximate surface area is 196 Å². The third-order valence-corrected chi connectivity index (χ3v) is 6.58. The Morgan fingerprint density at radius 2 is 1.91 bits per heavy atom. The molecular weight excluding hydrogens is 444 g/mol. The van der Waals surface area contributed by atoms with Crippen LogP contribution < -0.4 is 11.1 Å². The first-order valence-electron chi connectivity index (χ1n) is 11.7. The second-order valence-corrected chi connectivity index (χ2v) is 9.07. The van der Waals surface area contributed by atoms with Crippen LogP contribution in [0, 0.1) is 11.8 Å². The molecule has 1 saturated carbocycles. The van der Waals surface area contributed by atoms with Crippen LogP contribution in [0.5, 0.6) is 0 Å². The number of aliphatic hydroxyl groups is 2. The standard InChI is InChI=1S/C22H32N6O6/c1-3-24-21(32)18-16(30)17(31)22(34-18)28-10-25-15-19(23)26-14(27-20(15)28)8-12-4-6-13(7-5-12)9-33-11(2)29/h10,12-13,16-18,22,30-31H,3-9H2,1-2H3,(H,24,32)(H2,23,26,27)/t12?,13?,16-,17+,18-,22+/m0/s1. The van der Waals surface area contributed by atoms with E-state index in [-0.39, 0.29) is 11.8 Å². The largest absolute Gasteiger partial charge is 0.466 e. The monoisotopic (exact) mass is 476 g/mol. The number of nitrogens with one attached hydrogen (secondary N) is 1. The van der Waals surface area contributed by atoms with Gasteiger partial charge in [0, 0.05) is 19.9 Å². The van der Waals surface area contributed by atoms with Crippen molar-refractivity contribution >= 4 is 28.9 Å². The molecule has 0 radical (unpaired) electrons. The molecule has 3 heterocycles. The fourth-order valence-corrected chi connectivity index (χ4v) is 4.74. The van der Waals surface area contributed by atoms with Crippen molar-refractivity contribution in [2.45, 2.75) is 70.5 Å². The number of hydrogen-bond acceptors (Lipinski definition) is 10. The van der Waals surface area contributed by atoms with Gasteiger partial charge in [-0.2, -0.15) is 0 Å². The van der Waals surface area contributed by atoms with Crippen LogP contribution in [-0.2, 0) is 25.5 Å². The Morgan fingerprint density at radius 3 is 2.59 bits per heavy atom. The second-order valence-electron chi connectivity index (χ2n) is 9.07. The third-order valence-electron chi connectivity index (χ3n) is 6.58. The van der Waals surface area contributed by atoms with E-state index in [0.29, 0.717) is 48.4 Å². The number of anilines is 1. The number of ether oxygens (including phenoxy) is 2. The quantitative estimate of drug-likeness (QED) is 0.400. The van der Waals surface area contributed by atoms with Crippen molar-refractivity contribution < 1.29 is 29.3 Å². The average molecular weight is 477 g/mol. The third kappa shape index (κ3) is 4.98. The van der Waals surface area contributed by atoms with Crippen molar-refractivity contribution in [1.29, 1.82) is 0 Å². The predicted octanol–water partition coefficient (Wildman–Crippen LogP) is 0.0758. The van der Waals surface area contributed by atoms with Crippen LogP contribution in [0.1, 0.15) is 51.6 Å². The van der Waals surface area contributed by atoms with Crippen molar-refractivity contribution in [3.63, 3.8) is 0 Å². The number of rotatable bonds is 7. The summed E-state index contributed by atoms with van der Waals surface area (Å²) < 4.78 is 12.3. The summed E-state index contributed by atoms with van der Waals surface area (Å²) in [4.78, 5) is 36.6.